The van der Waals surface area contributed by atoms with Crippen molar-refractivity contribution >= 4 is 16.9 Å². The van der Waals surface area contributed by atoms with Crippen molar-refractivity contribution in [2.75, 3.05) is 46.8 Å². The van der Waals surface area contributed by atoms with Crippen LogP contribution in [0.5, 0.6) is 0 Å². The Hall–Kier alpha value is -1.85. The number of rotatable bonds is 6. The molecule has 1 amide bonds. The van der Waals surface area contributed by atoms with E-state index in [-0.39, 0.29) is 6.03 Å². The summed E-state index contributed by atoms with van der Waals surface area (Å²) in [4.78, 5) is 17.4. The van der Waals surface area contributed by atoms with Crippen LogP contribution in [0, 0.1) is 6.92 Å². The first-order valence-corrected chi connectivity index (χ1v) is 9.80. The number of piperidine rings is 1. The minimum atomic E-state index is -0.0213. The highest BCUT2D eigenvalue weighted by molar-refractivity contribution is 5.94. The molecule has 0 saturated carbocycles. The van der Waals surface area contributed by atoms with Crippen molar-refractivity contribution in [2.45, 2.75) is 32.6 Å². The predicted molar refractivity (Wildman–Crippen MR) is 108 cm³/mol. The molecule has 1 fully saturated rings. The summed E-state index contributed by atoms with van der Waals surface area (Å²) in [5.74, 6) is 0. The van der Waals surface area contributed by atoms with Gasteiger partial charge in [-0.2, -0.15) is 0 Å². The van der Waals surface area contributed by atoms with Crippen molar-refractivity contribution in [3.8, 4) is 0 Å². The molecule has 1 aromatic carbocycles. The number of carbonyl (C=O) groups is 1. The van der Waals surface area contributed by atoms with Crippen molar-refractivity contribution in [1.29, 1.82) is 0 Å². The Morgan fingerprint density at radius 1 is 1.19 bits per heavy atom. The molecule has 0 radical (unpaired) electrons. The lowest BCUT2D eigenvalue weighted by molar-refractivity contribution is 0.221. The third-order valence-electron chi connectivity index (χ3n) is 5.24. The van der Waals surface area contributed by atoms with Crippen molar-refractivity contribution in [3.05, 3.63) is 35.5 Å². The van der Waals surface area contributed by atoms with Crippen LogP contribution in [0.4, 0.5) is 4.79 Å². The zero-order chi connectivity index (χ0) is 18.5. The van der Waals surface area contributed by atoms with E-state index in [0.29, 0.717) is 6.54 Å². The Bertz CT molecular complexity index is 744. The lowest BCUT2D eigenvalue weighted by atomic mass is 10.1. The summed E-state index contributed by atoms with van der Waals surface area (Å²) in [6.45, 7) is 7.05. The summed E-state index contributed by atoms with van der Waals surface area (Å²) in [5, 5.41) is 4.30. The number of fused-ring (bicyclic) bond motifs is 1. The second kappa shape index (κ2) is 8.69. The van der Waals surface area contributed by atoms with E-state index in [4.69, 9.17) is 0 Å². The minimum Gasteiger partial charge on any atom is -0.336 e. The Morgan fingerprint density at radius 3 is 2.69 bits per heavy atom. The number of nitrogens with one attached hydrogen (secondary N) is 1. The molecule has 5 nitrogen and oxygen atoms in total. The fourth-order valence-corrected chi connectivity index (χ4v) is 3.71. The lowest BCUT2D eigenvalue weighted by Crippen LogP contribution is -2.38. The van der Waals surface area contributed by atoms with Gasteiger partial charge in [-0.15, -0.1) is 0 Å². The van der Waals surface area contributed by atoms with Crippen LogP contribution in [0.15, 0.2) is 24.4 Å². The number of nitrogens with zero attached hydrogens (tertiary/aromatic N) is 3. The molecule has 2 heterocycles. The molecule has 0 unspecified atom stereocenters. The molecular weight excluding hydrogens is 324 g/mol. The molecule has 1 saturated heterocycles. The van der Waals surface area contributed by atoms with Gasteiger partial charge in [0.25, 0.3) is 0 Å². The molecule has 142 valence electrons. The number of benzene rings is 1. The summed E-state index contributed by atoms with van der Waals surface area (Å²) in [5.41, 5.74) is 3.47. The van der Waals surface area contributed by atoms with E-state index in [2.05, 4.69) is 54.3 Å². The van der Waals surface area contributed by atoms with Crippen LogP contribution in [0.1, 0.15) is 30.4 Å². The fourth-order valence-electron chi connectivity index (χ4n) is 3.71. The first-order chi connectivity index (χ1) is 12.5. The molecule has 0 aliphatic carbocycles. The van der Waals surface area contributed by atoms with Crippen molar-refractivity contribution < 1.29 is 4.79 Å². The SMILES string of the molecule is Cc1ccc2c(c1)c(CCN(C)C)cn2C(=O)NCCN1CCCCC1. The number of hydrogen-bond acceptors (Lipinski definition) is 3. The topological polar surface area (TPSA) is 40.5 Å². The highest BCUT2D eigenvalue weighted by atomic mass is 16.2. The number of likely N-dealkylation sites (N-methyl/N-ethyl adjacent to an activating group) is 1. The highest BCUT2D eigenvalue weighted by Gasteiger charge is 2.15. The molecule has 3 rings (SSSR count). The highest BCUT2D eigenvalue weighted by Crippen LogP contribution is 2.23. The fraction of sp³-hybridized carbons (Fsp3) is 0.571. The second-order valence-electron chi connectivity index (χ2n) is 7.73. The third kappa shape index (κ3) is 4.65. The molecular formula is C21H32N4O. The van der Waals surface area contributed by atoms with Crippen molar-refractivity contribution in [1.82, 2.24) is 19.7 Å². The van der Waals surface area contributed by atoms with Gasteiger partial charge in [0.2, 0.25) is 0 Å². The zero-order valence-corrected chi connectivity index (χ0v) is 16.4. The summed E-state index contributed by atoms with van der Waals surface area (Å²) in [7, 11) is 4.16. The van der Waals surface area contributed by atoms with Crippen molar-refractivity contribution in [3.63, 3.8) is 0 Å². The van der Waals surface area contributed by atoms with E-state index in [1.54, 1.807) is 4.57 Å². The van der Waals surface area contributed by atoms with Crippen LogP contribution in [-0.4, -0.2) is 67.2 Å². The van der Waals surface area contributed by atoms with E-state index in [1.807, 2.05) is 6.20 Å². The number of aryl methyl sites for hydroxylation is 1. The number of amides is 1. The second-order valence-corrected chi connectivity index (χ2v) is 7.73. The van der Waals surface area contributed by atoms with Gasteiger partial charge in [-0.25, -0.2) is 4.79 Å². The Morgan fingerprint density at radius 2 is 1.96 bits per heavy atom. The van der Waals surface area contributed by atoms with Gasteiger partial charge in [-0.05, 0) is 71.1 Å². The van der Waals surface area contributed by atoms with Gasteiger partial charge in [0.05, 0.1) is 5.52 Å². The van der Waals surface area contributed by atoms with Gasteiger partial charge >= 0.3 is 6.03 Å². The summed E-state index contributed by atoms with van der Waals surface area (Å²) < 4.78 is 1.79. The monoisotopic (exact) mass is 356 g/mol. The first-order valence-electron chi connectivity index (χ1n) is 9.80. The van der Waals surface area contributed by atoms with Crippen LogP contribution in [0.3, 0.4) is 0 Å². The van der Waals surface area contributed by atoms with Crippen molar-refractivity contribution in [2.24, 2.45) is 0 Å². The van der Waals surface area contributed by atoms with Crippen LogP contribution < -0.4 is 5.32 Å². The lowest BCUT2D eigenvalue weighted by Gasteiger charge is -2.26. The summed E-state index contributed by atoms with van der Waals surface area (Å²) in [6, 6.07) is 6.31. The van der Waals surface area contributed by atoms with Crippen LogP contribution in [-0.2, 0) is 6.42 Å². The Labute approximate surface area is 157 Å². The van der Waals surface area contributed by atoms with Crippen LogP contribution in [0.2, 0.25) is 0 Å². The van der Waals surface area contributed by atoms with Gasteiger partial charge in [0.1, 0.15) is 0 Å². The quantitative estimate of drug-likeness (QED) is 0.865. The molecule has 2 aromatic rings. The normalized spacial score (nSPS) is 15.7. The maximum absolute atomic E-state index is 12.8. The molecule has 0 atom stereocenters. The largest absolute Gasteiger partial charge is 0.336 e. The summed E-state index contributed by atoms with van der Waals surface area (Å²) in [6.07, 6.45) is 6.87. The maximum Gasteiger partial charge on any atom is 0.326 e. The molecule has 5 heteroatoms. The maximum atomic E-state index is 12.8. The molecule has 1 aromatic heterocycles. The smallest absolute Gasteiger partial charge is 0.326 e. The molecule has 0 bridgehead atoms. The molecule has 0 spiro atoms. The Kier molecular flexibility index (Phi) is 6.33. The van der Waals surface area contributed by atoms with E-state index in [0.717, 1.165) is 38.1 Å². The van der Waals surface area contributed by atoms with E-state index < -0.39 is 0 Å². The average Bonchev–Trinajstić information content (AvgIpc) is 2.98. The zero-order valence-electron chi connectivity index (χ0n) is 16.4. The van der Waals surface area contributed by atoms with Gasteiger partial charge in [0.15, 0.2) is 0 Å². The van der Waals surface area contributed by atoms with E-state index in [1.165, 1.54) is 35.8 Å². The minimum absolute atomic E-state index is 0.0213. The first kappa shape index (κ1) is 18.9. The van der Waals surface area contributed by atoms with Gasteiger partial charge in [0, 0.05) is 31.2 Å². The average molecular weight is 357 g/mol. The van der Waals surface area contributed by atoms with Gasteiger partial charge < -0.3 is 15.1 Å². The third-order valence-corrected chi connectivity index (χ3v) is 5.24. The summed E-state index contributed by atoms with van der Waals surface area (Å²) >= 11 is 0. The predicted octanol–water partition coefficient (Wildman–Crippen LogP) is 3.10. The van der Waals surface area contributed by atoms with E-state index in [9.17, 15) is 4.79 Å². The number of carbonyl (C=O) groups excluding carboxylic acids is 1. The molecule has 1 aliphatic heterocycles. The Balaban J connectivity index is 1.70. The van der Waals surface area contributed by atoms with Gasteiger partial charge in [-0.1, -0.05) is 18.1 Å². The van der Waals surface area contributed by atoms with Gasteiger partial charge in [-0.3, -0.25) is 4.57 Å². The number of likely N-dealkylation sites (tertiary alicyclic amines) is 1. The molecule has 1 aliphatic rings. The molecule has 1 N–H and O–H groups in total. The molecule has 26 heavy (non-hydrogen) atoms. The van der Waals surface area contributed by atoms with Crippen LogP contribution in [0.25, 0.3) is 10.9 Å². The number of aromatic nitrogens is 1. The van der Waals surface area contributed by atoms with Crippen LogP contribution >= 0.6 is 0 Å². The standard InChI is InChI=1S/C21H32N4O/c1-17-7-8-20-19(15-17)18(9-13-23(2)3)16-25(20)21(26)22-10-14-24-11-5-4-6-12-24/h7-8,15-16H,4-6,9-14H2,1-3H3,(H,22,26). The number of hydrogen-bond donors (Lipinski definition) is 1. The van der Waals surface area contributed by atoms with E-state index >= 15 is 0 Å².